The van der Waals surface area contributed by atoms with Gasteiger partial charge in [-0.05, 0) is 52.4 Å². The molecule has 0 spiro atoms. The molecule has 0 radical (unpaired) electrons. The molecule has 126 valence electrons. The van der Waals surface area contributed by atoms with Crippen molar-refractivity contribution in [3.05, 3.63) is 39.3 Å². The van der Waals surface area contributed by atoms with Gasteiger partial charge in [0.1, 0.15) is 16.9 Å². The largest absolute Gasteiger partial charge is 0.465 e. The summed E-state index contributed by atoms with van der Waals surface area (Å²) in [6, 6.07) is 3.22. The number of aromatic nitrogens is 1. The van der Waals surface area contributed by atoms with E-state index in [2.05, 4.69) is 26.2 Å². The Balaban J connectivity index is 1.77. The van der Waals surface area contributed by atoms with Crippen LogP contribution in [0.15, 0.2) is 28.2 Å². The molecule has 8 heteroatoms. The van der Waals surface area contributed by atoms with Gasteiger partial charge in [0, 0.05) is 17.2 Å². The van der Waals surface area contributed by atoms with Crippen LogP contribution in [0, 0.1) is 6.92 Å². The zero-order valence-corrected chi connectivity index (χ0v) is 15.6. The fraction of sp³-hybridized carbons (Fsp3) is 0.312. The van der Waals surface area contributed by atoms with Crippen LogP contribution in [-0.2, 0) is 9.53 Å². The Morgan fingerprint density at radius 2 is 2.33 bits per heavy atom. The van der Waals surface area contributed by atoms with Crippen molar-refractivity contribution >= 4 is 50.0 Å². The number of aryl methyl sites for hydroxylation is 1. The van der Waals surface area contributed by atoms with Gasteiger partial charge in [0.2, 0.25) is 5.91 Å². The number of methoxy groups -OCH3 is 1. The van der Waals surface area contributed by atoms with E-state index in [1.54, 1.807) is 22.5 Å². The second-order valence-electron chi connectivity index (χ2n) is 5.43. The van der Waals surface area contributed by atoms with Gasteiger partial charge in [-0.25, -0.2) is 9.78 Å². The molecule has 2 aromatic rings. The first-order valence-electron chi connectivity index (χ1n) is 7.37. The standard InChI is InChI=1S/C16H16BrN3O3S/c1-9-7-13(18-8-11(9)17)19-12-3-5-20(14(12)21)15-10(4-6-24-15)16(22)23-2/h4,6-8,12H,3,5H2,1-2H3,(H,18,19). The van der Waals surface area contributed by atoms with E-state index in [-0.39, 0.29) is 11.9 Å². The molecule has 1 atom stereocenters. The van der Waals surface area contributed by atoms with Crippen molar-refractivity contribution in [1.29, 1.82) is 0 Å². The van der Waals surface area contributed by atoms with Gasteiger partial charge in [-0.3, -0.25) is 4.79 Å². The summed E-state index contributed by atoms with van der Waals surface area (Å²) in [7, 11) is 1.33. The minimum Gasteiger partial charge on any atom is -0.465 e. The fourth-order valence-corrected chi connectivity index (χ4v) is 3.72. The van der Waals surface area contributed by atoms with E-state index in [0.29, 0.717) is 29.3 Å². The number of pyridine rings is 1. The molecule has 3 rings (SSSR count). The van der Waals surface area contributed by atoms with Crippen LogP contribution in [0.4, 0.5) is 10.8 Å². The number of esters is 1. The third-order valence-electron chi connectivity index (χ3n) is 3.87. The van der Waals surface area contributed by atoms with E-state index in [0.717, 1.165) is 10.0 Å². The van der Waals surface area contributed by atoms with Gasteiger partial charge in [0.15, 0.2) is 0 Å². The Bertz CT molecular complexity index is 793. The average molecular weight is 410 g/mol. The van der Waals surface area contributed by atoms with Crippen LogP contribution in [0.1, 0.15) is 22.3 Å². The molecule has 1 aliphatic rings. The van der Waals surface area contributed by atoms with Crippen molar-refractivity contribution in [2.45, 2.75) is 19.4 Å². The average Bonchev–Trinajstić information content (AvgIpc) is 3.18. The smallest absolute Gasteiger partial charge is 0.340 e. The van der Waals surface area contributed by atoms with Crippen LogP contribution in [0.2, 0.25) is 0 Å². The van der Waals surface area contributed by atoms with E-state index in [9.17, 15) is 9.59 Å². The number of halogens is 1. The van der Waals surface area contributed by atoms with E-state index in [4.69, 9.17) is 4.74 Å². The highest BCUT2D eigenvalue weighted by molar-refractivity contribution is 9.10. The van der Waals surface area contributed by atoms with Gasteiger partial charge in [0.25, 0.3) is 0 Å². The lowest BCUT2D eigenvalue weighted by atomic mass is 10.2. The molecule has 1 aliphatic heterocycles. The van der Waals surface area contributed by atoms with Crippen LogP contribution in [0.3, 0.4) is 0 Å². The lowest BCUT2D eigenvalue weighted by molar-refractivity contribution is -0.117. The maximum atomic E-state index is 12.7. The Kier molecular flexibility index (Phi) is 4.86. The molecular formula is C16H16BrN3O3S. The highest BCUT2D eigenvalue weighted by atomic mass is 79.9. The molecule has 6 nitrogen and oxygen atoms in total. The minimum atomic E-state index is -0.430. The van der Waals surface area contributed by atoms with Crippen molar-refractivity contribution in [3.63, 3.8) is 0 Å². The summed E-state index contributed by atoms with van der Waals surface area (Å²) in [5, 5.41) is 5.60. The minimum absolute atomic E-state index is 0.0648. The maximum Gasteiger partial charge on any atom is 0.340 e. The maximum absolute atomic E-state index is 12.7. The molecular weight excluding hydrogens is 394 g/mol. The Morgan fingerprint density at radius 1 is 1.54 bits per heavy atom. The third kappa shape index (κ3) is 3.16. The molecule has 1 saturated heterocycles. The lowest BCUT2D eigenvalue weighted by Gasteiger charge is -2.17. The van der Waals surface area contributed by atoms with Gasteiger partial charge < -0.3 is 15.0 Å². The summed E-state index contributed by atoms with van der Waals surface area (Å²) >= 11 is 4.77. The van der Waals surface area contributed by atoms with Crippen LogP contribution in [0.5, 0.6) is 0 Å². The van der Waals surface area contributed by atoms with Crippen LogP contribution < -0.4 is 10.2 Å². The van der Waals surface area contributed by atoms with E-state index in [1.807, 2.05) is 13.0 Å². The summed E-state index contributed by atoms with van der Waals surface area (Å²) in [6.45, 7) is 2.52. The van der Waals surface area contributed by atoms with Crippen LogP contribution >= 0.6 is 27.3 Å². The second-order valence-corrected chi connectivity index (χ2v) is 7.17. The second kappa shape index (κ2) is 6.90. The number of nitrogens with one attached hydrogen (secondary N) is 1. The van der Waals surface area contributed by atoms with E-state index < -0.39 is 5.97 Å². The Hall–Kier alpha value is -1.93. The van der Waals surface area contributed by atoms with Crippen molar-refractivity contribution in [2.24, 2.45) is 0 Å². The molecule has 0 aliphatic carbocycles. The first-order valence-corrected chi connectivity index (χ1v) is 9.04. The van der Waals surface area contributed by atoms with E-state index >= 15 is 0 Å². The SMILES string of the molecule is COC(=O)c1ccsc1N1CCC(Nc2cc(C)c(Br)cn2)C1=O. The van der Waals surface area contributed by atoms with Crippen molar-refractivity contribution < 1.29 is 14.3 Å². The highest BCUT2D eigenvalue weighted by Gasteiger charge is 2.35. The van der Waals surface area contributed by atoms with Crippen molar-refractivity contribution in [1.82, 2.24) is 4.98 Å². The summed E-state index contributed by atoms with van der Waals surface area (Å²) in [5.41, 5.74) is 1.47. The summed E-state index contributed by atoms with van der Waals surface area (Å²) in [6.07, 6.45) is 2.36. The molecule has 0 saturated carbocycles. The molecule has 3 heterocycles. The number of ether oxygens (including phenoxy) is 1. The van der Waals surface area contributed by atoms with Crippen LogP contribution in [0.25, 0.3) is 0 Å². The first-order chi connectivity index (χ1) is 11.5. The zero-order chi connectivity index (χ0) is 17.3. The molecule has 0 bridgehead atoms. The quantitative estimate of drug-likeness (QED) is 0.784. The number of nitrogens with zero attached hydrogens (tertiary/aromatic N) is 2. The number of rotatable bonds is 4. The van der Waals surface area contributed by atoms with Crippen LogP contribution in [-0.4, -0.2) is 36.6 Å². The molecule has 2 aromatic heterocycles. The van der Waals surface area contributed by atoms with Crippen molar-refractivity contribution in [2.75, 3.05) is 23.9 Å². The number of hydrogen-bond acceptors (Lipinski definition) is 6. The zero-order valence-electron chi connectivity index (χ0n) is 13.2. The highest BCUT2D eigenvalue weighted by Crippen LogP contribution is 2.32. The Labute approximate surface area is 152 Å². The van der Waals surface area contributed by atoms with Gasteiger partial charge in [-0.15, -0.1) is 11.3 Å². The molecule has 0 aromatic carbocycles. The molecule has 1 unspecified atom stereocenters. The van der Waals surface area contributed by atoms with Crippen molar-refractivity contribution in [3.8, 4) is 0 Å². The number of thiophene rings is 1. The number of carbonyl (C=O) groups is 2. The summed E-state index contributed by atoms with van der Waals surface area (Å²) < 4.78 is 5.70. The third-order valence-corrected chi connectivity index (χ3v) is 5.64. The number of hydrogen-bond donors (Lipinski definition) is 1. The topological polar surface area (TPSA) is 71.5 Å². The number of amides is 1. The number of carbonyl (C=O) groups excluding carboxylic acids is 2. The first kappa shape index (κ1) is 16.9. The van der Waals surface area contributed by atoms with Gasteiger partial charge >= 0.3 is 5.97 Å². The Morgan fingerprint density at radius 3 is 3.04 bits per heavy atom. The molecule has 1 amide bonds. The summed E-state index contributed by atoms with van der Waals surface area (Å²) in [4.78, 5) is 30.4. The lowest BCUT2D eigenvalue weighted by Crippen LogP contribution is -2.34. The molecule has 1 fully saturated rings. The van der Waals surface area contributed by atoms with Gasteiger partial charge in [-0.2, -0.15) is 0 Å². The summed E-state index contributed by atoms with van der Waals surface area (Å²) in [5.74, 6) is 0.168. The normalized spacial score (nSPS) is 17.2. The fourth-order valence-electron chi connectivity index (χ4n) is 2.59. The molecule has 1 N–H and O–H groups in total. The van der Waals surface area contributed by atoms with Gasteiger partial charge in [-0.1, -0.05) is 0 Å². The predicted octanol–water partition coefficient (Wildman–Crippen LogP) is 3.22. The monoisotopic (exact) mass is 409 g/mol. The predicted molar refractivity (Wildman–Crippen MR) is 96.7 cm³/mol. The van der Waals surface area contributed by atoms with E-state index in [1.165, 1.54) is 18.4 Å². The molecule has 24 heavy (non-hydrogen) atoms. The van der Waals surface area contributed by atoms with Gasteiger partial charge in [0.05, 0.1) is 12.7 Å². The number of anilines is 2.